The first-order valence-corrected chi connectivity index (χ1v) is 7.36. The molecule has 0 saturated heterocycles. The number of hydrogen-bond donors (Lipinski definition) is 2. The lowest BCUT2D eigenvalue weighted by Crippen LogP contribution is -2.20. The fraction of sp³-hybridized carbons (Fsp3) is 0.375. The lowest BCUT2D eigenvalue weighted by molar-refractivity contribution is 0.826. The summed E-state index contributed by atoms with van der Waals surface area (Å²) in [4.78, 5) is 11.2. The summed E-state index contributed by atoms with van der Waals surface area (Å²) in [6.45, 7) is 7.14. The minimum absolute atomic E-state index is 0.648. The number of benzene rings is 1. The van der Waals surface area contributed by atoms with Crippen LogP contribution >= 0.6 is 0 Å². The molecule has 21 heavy (non-hydrogen) atoms. The molecule has 2 aromatic rings. The standard InChI is InChI=1S/C16H23N5/c1-4-7-14-18-15(20-17)11-16(19-14)21(5-2)13-9-6-8-12(3)10-13/h6,8-11H,4-5,7,17H2,1-3H3,(H,18,19,20). The smallest absolute Gasteiger partial charge is 0.145 e. The predicted octanol–water partition coefficient (Wildman–Crippen LogP) is 3.18. The van der Waals surface area contributed by atoms with E-state index in [1.54, 1.807) is 0 Å². The number of nitrogens with two attached hydrogens (primary N) is 1. The highest BCUT2D eigenvalue weighted by atomic mass is 15.3. The van der Waals surface area contributed by atoms with E-state index in [-0.39, 0.29) is 0 Å². The molecular formula is C16H23N5. The molecule has 1 aromatic heterocycles. The number of hydrogen-bond acceptors (Lipinski definition) is 5. The van der Waals surface area contributed by atoms with Gasteiger partial charge >= 0.3 is 0 Å². The van der Waals surface area contributed by atoms with Gasteiger partial charge in [-0.05, 0) is 38.0 Å². The van der Waals surface area contributed by atoms with Gasteiger partial charge in [-0.3, -0.25) is 0 Å². The van der Waals surface area contributed by atoms with Gasteiger partial charge in [0, 0.05) is 24.7 Å². The first-order chi connectivity index (χ1) is 10.2. The van der Waals surface area contributed by atoms with Crippen LogP contribution in [0.3, 0.4) is 0 Å². The number of nitrogen functional groups attached to an aromatic ring is 1. The average Bonchev–Trinajstić information content (AvgIpc) is 2.48. The molecule has 0 atom stereocenters. The second kappa shape index (κ2) is 7.04. The van der Waals surface area contributed by atoms with Gasteiger partial charge in [-0.2, -0.15) is 0 Å². The SMILES string of the molecule is CCCc1nc(NN)cc(N(CC)c2cccc(C)c2)n1. The van der Waals surface area contributed by atoms with Crippen LogP contribution in [-0.4, -0.2) is 16.5 Å². The summed E-state index contributed by atoms with van der Waals surface area (Å²) >= 11 is 0. The number of hydrazine groups is 1. The largest absolute Gasteiger partial charge is 0.326 e. The van der Waals surface area contributed by atoms with Gasteiger partial charge in [-0.15, -0.1) is 0 Å². The Hall–Kier alpha value is -2.14. The number of nitrogens with one attached hydrogen (secondary N) is 1. The van der Waals surface area contributed by atoms with Crippen molar-refractivity contribution in [3.8, 4) is 0 Å². The molecule has 0 radical (unpaired) electrons. The number of anilines is 3. The number of aromatic nitrogens is 2. The molecule has 1 aromatic carbocycles. The molecule has 3 N–H and O–H groups in total. The second-order valence-electron chi connectivity index (χ2n) is 5.01. The molecule has 5 heteroatoms. The van der Waals surface area contributed by atoms with Crippen LogP contribution in [0.1, 0.15) is 31.7 Å². The summed E-state index contributed by atoms with van der Waals surface area (Å²) in [6, 6.07) is 10.3. The van der Waals surface area contributed by atoms with Crippen LogP contribution in [0.5, 0.6) is 0 Å². The van der Waals surface area contributed by atoms with Gasteiger partial charge in [0.05, 0.1) is 0 Å². The molecule has 2 rings (SSSR count). The van der Waals surface area contributed by atoms with Crippen LogP contribution < -0.4 is 16.2 Å². The van der Waals surface area contributed by atoms with Crippen LogP contribution in [0, 0.1) is 6.92 Å². The predicted molar refractivity (Wildman–Crippen MR) is 87.7 cm³/mol. The summed E-state index contributed by atoms with van der Waals surface area (Å²) < 4.78 is 0. The van der Waals surface area contributed by atoms with Crippen molar-refractivity contribution in [1.82, 2.24) is 9.97 Å². The van der Waals surface area contributed by atoms with Gasteiger partial charge in [-0.1, -0.05) is 19.1 Å². The topological polar surface area (TPSA) is 67.1 Å². The maximum absolute atomic E-state index is 5.53. The van der Waals surface area contributed by atoms with Gasteiger partial charge in [0.15, 0.2) is 0 Å². The second-order valence-corrected chi connectivity index (χ2v) is 5.01. The van der Waals surface area contributed by atoms with Crippen molar-refractivity contribution >= 4 is 17.3 Å². The Morgan fingerprint density at radius 3 is 2.62 bits per heavy atom. The van der Waals surface area contributed by atoms with Crippen molar-refractivity contribution in [2.24, 2.45) is 5.84 Å². The first kappa shape index (κ1) is 15.3. The van der Waals surface area contributed by atoms with Crippen LogP contribution in [0.2, 0.25) is 0 Å². The lowest BCUT2D eigenvalue weighted by Gasteiger charge is -2.23. The summed E-state index contributed by atoms with van der Waals surface area (Å²) in [6.07, 6.45) is 1.85. The van der Waals surface area contributed by atoms with Crippen molar-refractivity contribution in [1.29, 1.82) is 0 Å². The third-order valence-electron chi connectivity index (χ3n) is 3.29. The Balaban J connectivity index is 2.43. The fourth-order valence-corrected chi connectivity index (χ4v) is 2.30. The fourth-order valence-electron chi connectivity index (χ4n) is 2.30. The van der Waals surface area contributed by atoms with E-state index < -0.39 is 0 Å². The molecule has 5 nitrogen and oxygen atoms in total. The maximum atomic E-state index is 5.53. The molecule has 0 aliphatic carbocycles. The van der Waals surface area contributed by atoms with Crippen LogP contribution in [0.15, 0.2) is 30.3 Å². The number of aryl methyl sites for hydroxylation is 2. The van der Waals surface area contributed by atoms with E-state index in [0.29, 0.717) is 5.82 Å². The highest BCUT2D eigenvalue weighted by molar-refractivity contribution is 5.63. The molecule has 0 bridgehead atoms. The van der Waals surface area contributed by atoms with E-state index in [1.807, 2.05) is 6.07 Å². The summed E-state index contributed by atoms with van der Waals surface area (Å²) in [5, 5.41) is 0. The first-order valence-electron chi connectivity index (χ1n) is 7.36. The summed E-state index contributed by atoms with van der Waals surface area (Å²) in [7, 11) is 0. The molecule has 0 saturated carbocycles. The third kappa shape index (κ3) is 3.70. The van der Waals surface area contributed by atoms with E-state index in [9.17, 15) is 0 Å². The van der Waals surface area contributed by atoms with E-state index in [2.05, 4.69) is 65.3 Å². The Morgan fingerprint density at radius 2 is 2.00 bits per heavy atom. The molecule has 0 spiro atoms. The van der Waals surface area contributed by atoms with E-state index in [0.717, 1.165) is 36.7 Å². The van der Waals surface area contributed by atoms with Crippen molar-refractivity contribution in [2.75, 3.05) is 16.9 Å². The summed E-state index contributed by atoms with van der Waals surface area (Å²) in [5.74, 6) is 7.86. The Labute approximate surface area is 126 Å². The van der Waals surface area contributed by atoms with E-state index >= 15 is 0 Å². The monoisotopic (exact) mass is 285 g/mol. The molecule has 0 aliphatic rings. The van der Waals surface area contributed by atoms with Gasteiger partial charge in [-0.25, -0.2) is 15.8 Å². The highest BCUT2D eigenvalue weighted by Crippen LogP contribution is 2.25. The Morgan fingerprint density at radius 1 is 1.19 bits per heavy atom. The normalized spacial score (nSPS) is 10.5. The maximum Gasteiger partial charge on any atom is 0.145 e. The number of nitrogens with zero attached hydrogens (tertiary/aromatic N) is 3. The zero-order valence-electron chi connectivity index (χ0n) is 12.9. The molecular weight excluding hydrogens is 262 g/mol. The molecule has 0 unspecified atom stereocenters. The van der Waals surface area contributed by atoms with E-state index in [1.165, 1.54) is 5.56 Å². The third-order valence-corrected chi connectivity index (χ3v) is 3.29. The van der Waals surface area contributed by atoms with Gasteiger partial charge < -0.3 is 10.3 Å². The Bertz CT molecular complexity index is 597. The van der Waals surface area contributed by atoms with Gasteiger partial charge in [0.25, 0.3) is 0 Å². The quantitative estimate of drug-likeness (QED) is 0.630. The molecule has 0 amide bonds. The lowest BCUT2D eigenvalue weighted by atomic mass is 10.2. The van der Waals surface area contributed by atoms with Crippen molar-refractivity contribution in [3.05, 3.63) is 41.7 Å². The molecule has 1 heterocycles. The Kier molecular flexibility index (Phi) is 5.11. The minimum atomic E-state index is 0.648. The van der Waals surface area contributed by atoms with Crippen molar-refractivity contribution < 1.29 is 0 Å². The van der Waals surface area contributed by atoms with Gasteiger partial charge in [0.1, 0.15) is 17.5 Å². The highest BCUT2D eigenvalue weighted by Gasteiger charge is 2.12. The van der Waals surface area contributed by atoms with Crippen LogP contribution in [0.25, 0.3) is 0 Å². The van der Waals surface area contributed by atoms with Gasteiger partial charge in [0.2, 0.25) is 0 Å². The molecule has 0 fully saturated rings. The zero-order chi connectivity index (χ0) is 15.2. The summed E-state index contributed by atoms with van der Waals surface area (Å²) in [5.41, 5.74) is 4.98. The average molecular weight is 285 g/mol. The minimum Gasteiger partial charge on any atom is -0.326 e. The van der Waals surface area contributed by atoms with Crippen LogP contribution in [-0.2, 0) is 6.42 Å². The zero-order valence-corrected chi connectivity index (χ0v) is 12.9. The van der Waals surface area contributed by atoms with Crippen LogP contribution in [0.4, 0.5) is 17.3 Å². The molecule has 0 aliphatic heterocycles. The van der Waals surface area contributed by atoms with Crippen molar-refractivity contribution in [2.45, 2.75) is 33.6 Å². The number of rotatable bonds is 6. The van der Waals surface area contributed by atoms with E-state index in [4.69, 9.17) is 5.84 Å². The molecule has 112 valence electrons. The van der Waals surface area contributed by atoms with Crippen molar-refractivity contribution in [3.63, 3.8) is 0 Å².